The van der Waals surface area contributed by atoms with Gasteiger partial charge in [0.1, 0.15) is 10.7 Å². The Kier molecular flexibility index (Phi) is 5.54. The lowest BCUT2D eigenvalue weighted by atomic mass is 10.1. The molecule has 2 N–H and O–H groups in total. The maximum absolute atomic E-state index is 12.6. The molecule has 2 aromatic rings. The predicted molar refractivity (Wildman–Crippen MR) is 89.3 cm³/mol. The molecule has 0 spiro atoms. The molecule has 0 aliphatic rings. The molecular weight excluding hydrogens is 298 g/mol. The molecule has 0 fully saturated rings. The van der Waals surface area contributed by atoms with Crippen molar-refractivity contribution in [3.8, 4) is 0 Å². The number of carbonyl (C=O) groups excluding carboxylic acids is 1. The van der Waals surface area contributed by atoms with Crippen LogP contribution in [0.15, 0.2) is 12.4 Å². The third kappa shape index (κ3) is 3.65. The van der Waals surface area contributed by atoms with Crippen LogP contribution in [0.25, 0.3) is 0 Å². The van der Waals surface area contributed by atoms with Crippen LogP contribution in [0, 0.1) is 6.92 Å². The van der Waals surface area contributed by atoms with Gasteiger partial charge in [-0.15, -0.1) is 0 Å². The maximum atomic E-state index is 12.6. The highest BCUT2D eigenvalue weighted by Crippen LogP contribution is 2.24. The topological polar surface area (TPSA) is 71.8 Å². The van der Waals surface area contributed by atoms with Crippen molar-refractivity contribution in [1.82, 2.24) is 19.9 Å². The Balaban J connectivity index is 2.16. The lowest BCUT2D eigenvalue weighted by Crippen LogP contribution is -2.30. The molecule has 7 heteroatoms. The monoisotopic (exact) mass is 321 g/mol. The molecule has 2 heterocycles. The number of amides is 1. The van der Waals surface area contributed by atoms with E-state index in [1.165, 1.54) is 11.3 Å². The van der Waals surface area contributed by atoms with Crippen molar-refractivity contribution >= 4 is 22.4 Å². The zero-order chi connectivity index (χ0) is 16.1. The van der Waals surface area contributed by atoms with Crippen LogP contribution in [0.3, 0.4) is 0 Å². The van der Waals surface area contributed by atoms with Crippen molar-refractivity contribution in [2.24, 2.45) is 7.05 Å². The average Bonchev–Trinajstić information content (AvgIpc) is 3.05. The summed E-state index contributed by atoms with van der Waals surface area (Å²) in [5.74, 6) is 0.796. The number of carbonyl (C=O) groups is 1. The Morgan fingerprint density at radius 3 is 2.82 bits per heavy atom. The Hall–Kier alpha value is -1.89. The van der Waals surface area contributed by atoms with Crippen LogP contribution in [-0.2, 0) is 7.05 Å². The lowest BCUT2D eigenvalue weighted by molar-refractivity contribution is 0.0935. The first-order valence-corrected chi connectivity index (χ1v) is 8.37. The van der Waals surface area contributed by atoms with Crippen molar-refractivity contribution in [3.05, 3.63) is 28.8 Å². The Labute approximate surface area is 135 Å². The summed E-state index contributed by atoms with van der Waals surface area (Å²) in [6, 6.07) is -0.0819. The van der Waals surface area contributed by atoms with E-state index in [2.05, 4.69) is 27.5 Å². The number of anilines is 1. The van der Waals surface area contributed by atoms with Gasteiger partial charge in [-0.1, -0.05) is 24.7 Å². The molecule has 0 radical (unpaired) electrons. The molecule has 2 rings (SSSR count). The second-order valence-corrected chi connectivity index (χ2v) is 6.17. The van der Waals surface area contributed by atoms with Crippen molar-refractivity contribution in [2.75, 3.05) is 11.9 Å². The molecule has 0 saturated heterocycles. The fraction of sp³-hybridized carbons (Fsp3) is 0.533. The summed E-state index contributed by atoms with van der Waals surface area (Å²) < 4.78 is 1.95. The summed E-state index contributed by atoms with van der Waals surface area (Å²) in [5, 5.41) is 7.03. The number of nitrogens with zero attached hydrogens (tertiary/aromatic N) is 3. The van der Waals surface area contributed by atoms with E-state index in [0.29, 0.717) is 4.88 Å². The molecule has 1 amide bonds. The second kappa shape index (κ2) is 7.40. The van der Waals surface area contributed by atoms with Crippen molar-refractivity contribution in [3.63, 3.8) is 0 Å². The number of thiazole rings is 1. The second-order valence-electron chi connectivity index (χ2n) is 5.17. The highest BCUT2D eigenvalue weighted by atomic mass is 32.1. The van der Waals surface area contributed by atoms with Crippen molar-refractivity contribution in [2.45, 2.75) is 39.7 Å². The molecule has 0 unspecified atom stereocenters. The molecule has 0 aliphatic heterocycles. The smallest absolute Gasteiger partial charge is 0.263 e. The SMILES string of the molecule is CCC[C@H](NC(=O)c1sc(NCC)nc1C)c1nccn1C. The van der Waals surface area contributed by atoms with E-state index in [9.17, 15) is 4.79 Å². The van der Waals surface area contributed by atoms with Crippen LogP contribution in [0.4, 0.5) is 5.13 Å². The summed E-state index contributed by atoms with van der Waals surface area (Å²) in [6.45, 7) is 6.76. The zero-order valence-corrected chi connectivity index (χ0v) is 14.3. The highest BCUT2D eigenvalue weighted by molar-refractivity contribution is 7.17. The number of aryl methyl sites for hydroxylation is 2. The van der Waals surface area contributed by atoms with Gasteiger partial charge in [0.2, 0.25) is 0 Å². The first-order chi connectivity index (χ1) is 10.6. The van der Waals surface area contributed by atoms with Crippen molar-refractivity contribution < 1.29 is 4.79 Å². The molecule has 6 nitrogen and oxygen atoms in total. The quantitative estimate of drug-likeness (QED) is 0.822. The molecule has 22 heavy (non-hydrogen) atoms. The molecule has 1 atom stereocenters. The van der Waals surface area contributed by atoms with Gasteiger partial charge >= 0.3 is 0 Å². The van der Waals surface area contributed by atoms with Gasteiger partial charge in [-0.3, -0.25) is 4.79 Å². The van der Waals surface area contributed by atoms with Gasteiger partial charge in [0.25, 0.3) is 5.91 Å². The van der Waals surface area contributed by atoms with Crippen LogP contribution in [-0.4, -0.2) is 27.0 Å². The van der Waals surface area contributed by atoms with Crippen LogP contribution >= 0.6 is 11.3 Å². The highest BCUT2D eigenvalue weighted by Gasteiger charge is 2.21. The van der Waals surface area contributed by atoms with Crippen LogP contribution in [0.1, 0.15) is 53.9 Å². The summed E-state index contributed by atoms with van der Waals surface area (Å²) in [5.41, 5.74) is 0.758. The van der Waals surface area contributed by atoms with Gasteiger partial charge in [-0.25, -0.2) is 9.97 Å². The number of hydrogen-bond donors (Lipinski definition) is 2. The standard InChI is InChI=1S/C15H23N5OS/c1-5-7-11(13-17-8-9-20(13)4)19-14(21)12-10(3)18-15(22-12)16-6-2/h8-9,11H,5-7H2,1-4H3,(H,16,18)(H,19,21)/t11-/m0/s1. The third-order valence-corrected chi connectivity index (χ3v) is 4.50. The van der Waals surface area contributed by atoms with E-state index < -0.39 is 0 Å². The van der Waals surface area contributed by atoms with E-state index in [1.807, 2.05) is 31.7 Å². The largest absolute Gasteiger partial charge is 0.362 e. The molecule has 0 aromatic carbocycles. The van der Waals surface area contributed by atoms with E-state index in [-0.39, 0.29) is 11.9 Å². The molecule has 0 bridgehead atoms. The third-order valence-electron chi connectivity index (χ3n) is 3.38. The number of hydrogen-bond acceptors (Lipinski definition) is 5. The normalized spacial score (nSPS) is 12.2. The number of aromatic nitrogens is 3. The van der Waals surface area contributed by atoms with E-state index in [1.54, 1.807) is 6.20 Å². The van der Waals surface area contributed by atoms with E-state index in [0.717, 1.165) is 36.0 Å². The molecule has 2 aromatic heterocycles. The maximum Gasteiger partial charge on any atom is 0.263 e. The van der Waals surface area contributed by atoms with Crippen LogP contribution in [0.2, 0.25) is 0 Å². The van der Waals surface area contributed by atoms with Crippen molar-refractivity contribution in [1.29, 1.82) is 0 Å². The van der Waals surface area contributed by atoms with Gasteiger partial charge in [0, 0.05) is 26.0 Å². The minimum absolute atomic E-state index is 0.0819. The molecule has 120 valence electrons. The first kappa shape index (κ1) is 16.5. The fourth-order valence-electron chi connectivity index (χ4n) is 2.33. The van der Waals surface area contributed by atoms with Gasteiger partial charge in [0.05, 0.1) is 11.7 Å². The number of nitrogens with one attached hydrogen (secondary N) is 2. The summed E-state index contributed by atoms with van der Waals surface area (Å²) in [7, 11) is 1.94. The average molecular weight is 321 g/mol. The first-order valence-electron chi connectivity index (χ1n) is 7.56. The van der Waals surface area contributed by atoms with Gasteiger partial charge < -0.3 is 15.2 Å². The molecular formula is C15H23N5OS. The number of imidazole rings is 1. The number of rotatable bonds is 7. The summed E-state index contributed by atoms with van der Waals surface area (Å²) >= 11 is 1.39. The summed E-state index contributed by atoms with van der Waals surface area (Å²) in [6.07, 6.45) is 5.48. The minimum Gasteiger partial charge on any atom is -0.362 e. The minimum atomic E-state index is -0.0828. The lowest BCUT2D eigenvalue weighted by Gasteiger charge is -2.17. The predicted octanol–water partition coefficient (Wildman–Crippen LogP) is 2.89. The van der Waals surface area contributed by atoms with Crippen LogP contribution < -0.4 is 10.6 Å². The van der Waals surface area contributed by atoms with Gasteiger partial charge in [0.15, 0.2) is 5.13 Å². The Morgan fingerprint density at radius 2 is 2.23 bits per heavy atom. The Morgan fingerprint density at radius 1 is 1.45 bits per heavy atom. The Bertz CT molecular complexity index is 634. The van der Waals surface area contributed by atoms with E-state index in [4.69, 9.17) is 0 Å². The fourth-order valence-corrected chi connectivity index (χ4v) is 3.26. The van der Waals surface area contributed by atoms with Crippen LogP contribution in [0.5, 0.6) is 0 Å². The molecule has 0 aliphatic carbocycles. The van der Waals surface area contributed by atoms with Gasteiger partial charge in [-0.05, 0) is 20.3 Å². The van der Waals surface area contributed by atoms with E-state index >= 15 is 0 Å². The molecule has 0 saturated carbocycles. The summed E-state index contributed by atoms with van der Waals surface area (Å²) in [4.78, 5) is 22.0. The van der Waals surface area contributed by atoms with Gasteiger partial charge in [-0.2, -0.15) is 0 Å². The zero-order valence-electron chi connectivity index (χ0n) is 13.5.